The van der Waals surface area contributed by atoms with Crippen LogP contribution in [0, 0.1) is 13.8 Å². The lowest BCUT2D eigenvalue weighted by Crippen LogP contribution is -2.19. The van der Waals surface area contributed by atoms with Gasteiger partial charge in [0.15, 0.2) is 0 Å². The van der Waals surface area contributed by atoms with E-state index in [2.05, 4.69) is 10.3 Å². The lowest BCUT2D eigenvalue weighted by Gasteiger charge is -2.09. The van der Waals surface area contributed by atoms with Crippen molar-refractivity contribution in [3.8, 4) is 0 Å². The van der Waals surface area contributed by atoms with Crippen molar-refractivity contribution >= 4 is 28.6 Å². The fraction of sp³-hybridized carbons (Fsp3) is 0.333. The first-order chi connectivity index (χ1) is 10.1. The minimum absolute atomic E-state index is 0.0433. The molecule has 0 saturated heterocycles. The monoisotopic (exact) mass is 305 g/mol. The largest absolute Gasteiger partial charge is 0.399 e. The number of nitrogens with zero attached hydrogens (tertiary/aromatic N) is 1. The number of thiazole rings is 1. The number of aromatic nitrogens is 1. The van der Waals surface area contributed by atoms with Gasteiger partial charge < -0.3 is 15.8 Å². The van der Waals surface area contributed by atoms with Gasteiger partial charge in [0, 0.05) is 22.7 Å². The van der Waals surface area contributed by atoms with Crippen molar-refractivity contribution in [1.29, 1.82) is 0 Å². The van der Waals surface area contributed by atoms with Crippen LogP contribution in [-0.4, -0.2) is 24.1 Å². The number of hydrogen-bond donors (Lipinski definition) is 2. The van der Waals surface area contributed by atoms with E-state index in [1.165, 1.54) is 4.88 Å². The smallest absolute Gasteiger partial charge is 0.250 e. The Morgan fingerprint density at radius 3 is 2.90 bits per heavy atom. The predicted octanol–water partition coefficient (Wildman–Crippen LogP) is 2.54. The standard InChI is InChI=1S/C15H19N3O2S/c1-10-7-12(16)3-4-13(10)18-15(19)8-20-6-5-14-11(2)17-9-21-14/h3-4,7,9H,5-6,8,16H2,1-2H3,(H,18,19). The molecule has 0 atom stereocenters. The summed E-state index contributed by atoms with van der Waals surface area (Å²) in [6.07, 6.45) is 0.782. The van der Waals surface area contributed by atoms with Crippen LogP contribution in [0.2, 0.25) is 0 Å². The molecule has 0 radical (unpaired) electrons. The van der Waals surface area contributed by atoms with Crippen LogP contribution in [0.15, 0.2) is 23.7 Å². The van der Waals surface area contributed by atoms with Crippen molar-refractivity contribution in [2.45, 2.75) is 20.3 Å². The highest BCUT2D eigenvalue weighted by Gasteiger charge is 2.06. The van der Waals surface area contributed by atoms with Gasteiger partial charge >= 0.3 is 0 Å². The van der Waals surface area contributed by atoms with Crippen molar-refractivity contribution in [2.24, 2.45) is 0 Å². The average molecular weight is 305 g/mol. The van der Waals surface area contributed by atoms with Gasteiger partial charge in [0.1, 0.15) is 6.61 Å². The lowest BCUT2D eigenvalue weighted by molar-refractivity contribution is -0.120. The van der Waals surface area contributed by atoms with Crippen LogP contribution in [-0.2, 0) is 16.0 Å². The molecule has 0 fully saturated rings. The van der Waals surface area contributed by atoms with Crippen molar-refractivity contribution in [3.05, 3.63) is 39.8 Å². The van der Waals surface area contributed by atoms with E-state index in [1.54, 1.807) is 23.5 Å². The summed E-state index contributed by atoms with van der Waals surface area (Å²) >= 11 is 1.61. The Balaban J connectivity index is 1.73. The van der Waals surface area contributed by atoms with E-state index in [9.17, 15) is 4.79 Å². The second-order valence-corrected chi connectivity index (χ2v) is 5.73. The highest BCUT2D eigenvalue weighted by atomic mass is 32.1. The molecule has 0 aliphatic carbocycles. The van der Waals surface area contributed by atoms with Gasteiger partial charge in [-0.15, -0.1) is 11.3 Å². The molecule has 0 spiro atoms. The molecule has 0 saturated carbocycles. The fourth-order valence-electron chi connectivity index (χ4n) is 1.91. The number of nitrogen functional groups attached to an aromatic ring is 1. The molecule has 0 bridgehead atoms. The van der Waals surface area contributed by atoms with Crippen LogP contribution < -0.4 is 11.1 Å². The molecule has 0 aliphatic rings. The molecule has 1 aromatic heterocycles. The summed E-state index contributed by atoms with van der Waals surface area (Å²) in [5.74, 6) is -0.163. The van der Waals surface area contributed by atoms with Crippen molar-refractivity contribution in [3.63, 3.8) is 0 Å². The van der Waals surface area contributed by atoms with Gasteiger partial charge in [-0.25, -0.2) is 4.98 Å². The second-order valence-electron chi connectivity index (χ2n) is 4.79. The number of aryl methyl sites for hydroxylation is 2. The molecular weight excluding hydrogens is 286 g/mol. The fourth-order valence-corrected chi connectivity index (χ4v) is 2.67. The molecule has 0 aliphatic heterocycles. The third-order valence-corrected chi connectivity index (χ3v) is 4.07. The van der Waals surface area contributed by atoms with E-state index in [-0.39, 0.29) is 12.5 Å². The van der Waals surface area contributed by atoms with Gasteiger partial charge in [-0.2, -0.15) is 0 Å². The van der Waals surface area contributed by atoms with Gasteiger partial charge in [-0.1, -0.05) is 0 Å². The SMILES string of the molecule is Cc1cc(N)ccc1NC(=O)COCCc1scnc1C. The number of nitrogens with two attached hydrogens (primary N) is 1. The summed E-state index contributed by atoms with van der Waals surface area (Å²) in [7, 11) is 0. The van der Waals surface area contributed by atoms with Crippen LogP contribution in [0.3, 0.4) is 0 Å². The van der Waals surface area contributed by atoms with E-state index in [4.69, 9.17) is 10.5 Å². The van der Waals surface area contributed by atoms with Crippen LogP contribution >= 0.6 is 11.3 Å². The number of ether oxygens (including phenoxy) is 1. The van der Waals surface area contributed by atoms with Gasteiger partial charge in [-0.3, -0.25) is 4.79 Å². The maximum atomic E-state index is 11.8. The molecule has 3 N–H and O–H groups in total. The van der Waals surface area contributed by atoms with Crippen molar-refractivity contribution < 1.29 is 9.53 Å². The first kappa shape index (κ1) is 15.5. The first-order valence-corrected chi connectivity index (χ1v) is 7.57. The minimum Gasteiger partial charge on any atom is -0.399 e. The summed E-state index contributed by atoms with van der Waals surface area (Å²) in [5.41, 5.74) is 10.9. The van der Waals surface area contributed by atoms with Gasteiger partial charge in [0.25, 0.3) is 0 Å². The maximum absolute atomic E-state index is 11.8. The zero-order valence-electron chi connectivity index (χ0n) is 12.2. The van der Waals surface area contributed by atoms with Crippen molar-refractivity contribution in [2.75, 3.05) is 24.3 Å². The summed E-state index contributed by atoms with van der Waals surface area (Å²) in [6.45, 7) is 4.43. The highest BCUT2D eigenvalue weighted by molar-refractivity contribution is 7.09. The molecule has 2 aromatic rings. The molecular formula is C15H19N3O2S. The molecule has 1 heterocycles. The van der Waals surface area contributed by atoms with Crippen LogP contribution in [0.4, 0.5) is 11.4 Å². The third kappa shape index (κ3) is 4.54. The van der Waals surface area contributed by atoms with Crippen LogP contribution in [0.1, 0.15) is 16.1 Å². The number of benzene rings is 1. The van der Waals surface area contributed by atoms with Crippen molar-refractivity contribution in [1.82, 2.24) is 4.98 Å². The van der Waals surface area contributed by atoms with E-state index >= 15 is 0 Å². The highest BCUT2D eigenvalue weighted by Crippen LogP contribution is 2.17. The van der Waals surface area contributed by atoms with Gasteiger partial charge in [0.05, 0.1) is 17.8 Å². The maximum Gasteiger partial charge on any atom is 0.250 e. The summed E-state index contributed by atoms with van der Waals surface area (Å²) in [6, 6.07) is 5.38. The molecule has 5 nitrogen and oxygen atoms in total. The van der Waals surface area contributed by atoms with Gasteiger partial charge in [-0.05, 0) is 37.6 Å². The van der Waals surface area contributed by atoms with E-state index in [1.807, 2.05) is 25.4 Å². The topological polar surface area (TPSA) is 77.2 Å². The summed E-state index contributed by atoms with van der Waals surface area (Å²) in [5, 5.41) is 2.81. The number of rotatable bonds is 6. The molecule has 21 heavy (non-hydrogen) atoms. The zero-order chi connectivity index (χ0) is 15.2. The number of carbonyl (C=O) groups excluding carboxylic acids is 1. The van der Waals surface area contributed by atoms with E-state index < -0.39 is 0 Å². The Morgan fingerprint density at radius 1 is 1.43 bits per heavy atom. The van der Waals surface area contributed by atoms with E-state index in [0.717, 1.165) is 23.4 Å². The number of carbonyl (C=O) groups is 1. The average Bonchev–Trinajstić information content (AvgIpc) is 2.84. The Bertz CT molecular complexity index is 625. The minimum atomic E-state index is -0.163. The first-order valence-electron chi connectivity index (χ1n) is 6.69. The molecule has 0 unspecified atom stereocenters. The second kappa shape index (κ2) is 7.19. The Hall–Kier alpha value is -1.92. The van der Waals surface area contributed by atoms with E-state index in [0.29, 0.717) is 12.3 Å². The Labute approximate surface area is 128 Å². The molecule has 112 valence electrons. The predicted molar refractivity (Wildman–Crippen MR) is 85.6 cm³/mol. The number of nitrogens with one attached hydrogen (secondary N) is 1. The quantitative estimate of drug-likeness (QED) is 0.635. The van der Waals surface area contributed by atoms with Gasteiger partial charge in [0.2, 0.25) is 5.91 Å². The Kier molecular flexibility index (Phi) is 5.30. The number of hydrogen-bond acceptors (Lipinski definition) is 5. The lowest BCUT2D eigenvalue weighted by atomic mass is 10.2. The zero-order valence-corrected chi connectivity index (χ0v) is 13.0. The van der Waals surface area contributed by atoms with Crippen LogP contribution in [0.25, 0.3) is 0 Å². The third-order valence-electron chi connectivity index (χ3n) is 3.08. The number of amides is 1. The Morgan fingerprint density at radius 2 is 2.24 bits per heavy atom. The summed E-state index contributed by atoms with van der Waals surface area (Å²) in [4.78, 5) is 17.2. The molecule has 6 heteroatoms. The number of anilines is 2. The summed E-state index contributed by atoms with van der Waals surface area (Å²) < 4.78 is 5.40. The normalized spacial score (nSPS) is 10.6. The molecule has 1 aromatic carbocycles. The molecule has 2 rings (SSSR count). The molecule has 1 amide bonds. The van der Waals surface area contributed by atoms with Crippen LogP contribution in [0.5, 0.6) is 0 Å².